The number of nitrogens with zero attached hydrogens (tertiary/aromatic N) is 2. The number of fused-ring (bicyclic) bond motifs is 1. The molecule has 36 heavy (non-hydrogen) atoms. The number of aryl methyl sites for hydroxylation is 2. The molecule has 1 aliphatic heterocycles. The van der Waals surface area contributed by atoms with Gasteiger partial charge in [-0.2, -0.15) is 0 Å². The number of hydrogen-bond acceptors (Lipinski definition) is 4. The molecule has 1 aromatic heterocycles. The summed E-state index contributed by atoms with van der Waals surface area (Å²) in [5.74, 6) is 0.364. The van der Waals surface area contributed by atoms with Crippen molar-refractivity contribution in [3.8, 4) is 5.75 Å². The molecule has 0 spiro atoms. The van der Waals surface area contributed by atoms with Gasteiger partial charge in [0.15, 0.2) is 0 Å². The number of imide groups is 1. The van der Waals surface area contributed by atoms with Crippen molar-refractivity contribution in [2.45, 2.75) is 19.9 Å². The molecule has 1 saturated heterocycles. The summed E-state index contributed by atoms with van der Waals surface area (Å²) >= 11 is 10.7. The van der Waals surface area contributed by atoms with Crippen LogP contribution in [0.15, 0.2) is 82.3 Å². The predicted molar refractivity (Wildman–Crippen MR) is 151 cm³/mol. The van der Waals surface area contributed by atoms with Crippen molar-refractivity contribution in [2.75, 3.05) is 11.5 Å². The number of anilines is 1. The molecular weight excluding hydrogens is 560 g/mol. The van der Waals surface area contributed by atoms with E-state index in [9.17, 15) is 9.59 Å². The van der Waals surface area contributed by atoms with Crippen molar-refractivity contribution in [1.29, 1.82) is 0 Å². The molecule has 0 N–H and O–H groups in total. The number of carbonyl (C=O) groups excluding carboxylic acids is 2. The Kier molecular flexibility index (Phi) is 7.23. The third kappa shape index (κ3) is 5.09. The molecule has 0 saturated carbocycles. The molecule has 5 nitrogen and oxygen atoms in total. The van der Waals surface area contributed by atoms with E-state index < -0.39 is 0 Å². The number of thioether (sulfide) groups is 1. The fourth-order valence-electron chi connectivity index (χ4n) is 4.10. The first kappa shape index (κ1) is 24.7. The Morgan fingerprint density at radius 1 is 1.06 bits per heavy atom. The maximum atomic E-state index is 13.2. The lowest BCUT2D eigenvalue weighted by molar-refractivity contribution is -0.113. The number of aromatic nitrogens is 1. The Balaban J connectivity index is 1.38. The van der Waals surface area contributed by atoms with Gasteiger partial charge in [-0.05, 0) is 73.6 Å². The SMILES string of the molecule is Cc1ccc(N2C(=O)S/C(=C\c3cn(CCCOc4ccccc4Cl)c4ccc(Br)cc34)C2=O)cc1. The number of halogens is 2. The van der Waals surface area contributed by atoms with E-state index in [1.807, 2.05) is 67.7 Å². The summed E-state index contributed by atoms with van der Waals surface area (Å²) in [6, 6.07) is 20.9. The summed E-state index contributed by atoms with van der Waals surface area (Å²) in [5.41, 5.74) is 3.57. The van der Waals surface area contributed by atoms with Gasteiger partial charge in [0.2, 0.25) is 0 Å². The third-order valence-corrected chi connectivity index (χ3v) is 7.56. The molecule has 2 heterocycles. The lowest BCUT2D eigenvalue weighted by Crippen LogP contribution is -2.27. The number of rotatable bonds is 7. The topological polar surface area (TPSA) is 51.5 Å². The van der Waals surface area contributed by atoms with E-state index in [0.29, 0.717) is 28.0 Å². The molecule has 1 fully saturated rings. The van der Waals surface area contributed by atoms with Crippen molar-refractivity contribution in [3.63, 3.8) is 0 Å². The van der Waals surface area contributed by atoms with Gasteiger partial charge in [-0.3, -0.25) is 9.59 Å². The normalized spacial score (nSPS) is 14.9. The number of amides is 2. The standard InChI is InChI=1S/C28H22BrClN2O3S/c1-18-7-10-21(11-8-18)32-27(33)26(36-28(32)34)15-19-17-31(24-12-9-20(29)16-22(19)24)13-4-14-35-25-6-3-2-5-23(25)30/h2-3,5-12,15-17H,4,13-14H2,1H3/b26-15-. The van der Waals surface area contributed by atoms with Crippen LogP contribution in [0.5, 0.6) is 5.75 Å². The van der Waals surface area contributed by atoms with Gasteiger partial charge < -0.3 is 9.30 Å². The van der Waals surface area contributed by atoms with Gasteiger partial charge in [-0.15, -0.1) is 0 Å². The predicted octanol–water partition coefficient (Wildman–Crippen LogP) is 8.08. The minimum absolute atomic E-state index is 0.295. The molecular formula is C28H22BrClN2O3S. The van der Waals surface area contributed by atoms with E-state index in [4.69, 9.17) is 16.3 Å². The van der Waals surface area contributed by atoms with Crippen LogP contribution < -0.4 is 9.64 Å². The zero-order chi connectivity index (χ0) is 25.2. The maximum Gasteiger partial charge on any atom is 0.298 e. The van der Waals surface area contributed by atoms with Gasteiger partial charge in [-0.1, -0.05) is 57.4 Å². The maximum absolute atomic E-state index is 13.2. The van der Waals surface area contributed by atoms with Crippen LogP contribution in [0.1, 0.15) is 17.5 Å². The second-order valence-corrected chi connectivity index (χ2v) is 10.7. The average Bonchev–Trinajstić information content (AvgIpc) is 3.34. The van der Waals surface area contributed by atoms with Crippen LogP contribution >= 0.6 is 39.3 Å². The lowest BCUT2D eigenvalue weighted by atomic mass is 10.1. The Morgan fingerprint density at radius 2 is 1.83 bits per heavy atom. The summed E-state index contributed by atoms with van der Waals surface area (Å²) in [7, 11) is 0. The van der Waals surface area contributed by atoms with Gasteiger partial charge in [0.05, 0.1) is 22.2 Å². The lowest BCUT2D eigenvalue weighted by Gasteiger charge is -2.12. The summed E-state index contributed by atoms with van der Waals surface area (Å²) in [6.07, 6.45) is 4.60. The highest BCUT2D eigenvalue weighted by atomic mass is 79.9. The quantitative estimate of drug-likeness (QED) is 0.164. The van der Waals surface area contributed by atoms with Crippen LogP contribution in [0.25, 0.3) is 17.0 Å². The van der Waals surface area contributed by atoms with Gasteiger partial charge >= 0.3 is 0 Å². The third-order valence-electron chi connectivity index (χ3n) is 5.88. The second-order valence-electron chi connectivity index (χ2n) is 8.42. The van der Waals surface area contributed by atoms with E-state index >= 15 is 0 Å². The number of carbonyl (C=O) groups is 2. The summed E-state index contributed by atoms with van der Waals surface area (Å²) in [4.78, 5) is 27.5. The fraction of sp³-hybridized carbons (Fsp3) is 0.143. The van der Waals surface area contributed by atoms with Gasteiger partial charge in [0, 0.05) is 33.7 Å². The Hall–Kier alpha value is -3.00. The van der Waals surface area contributed by atoms with E-state index in [1.54, 1.807) is 18.2 Å². The van der Waals surface area contributed by atoms with E-state index in [2.05, 4.69) is 20.5 Å². The molecule has 0 aliphatic carbocycles. The van der Waals surface area contributed by atoms with Crippen molar-refractivity contribution < 1.29 is 14.3 Å². The highest BCUT2D eigenvalue weighted by Gasteiger charge is 2.36. The molecule has 3 aromatic carbocycles. The van der Waals surface area contributed by atoms with E-state index in [-0.39, 0.29) is 11.1 Å². The summed E-state index contributed by atoms with van der Waals surface area (Å²) < 4.78 is 8.92. The monoisotopic (exact) mass is 580 g/mol. The van der Waals surface area contributed by atoms with Crippen LogP contribution in [0, 0.1) is 6.92 Å². The summed E-state index contributed by atoms with van der Waals surface area (Å²) in [5, 5.41) is 1.30. The highest BCUT2D eigenvalue weighted by molar-refractivity contribution is 9.10. The first-order valence-electron chi connectivity index (χ1n) is 11.4. The Labute approximate surface area is 226 Å². The number of ether oxygens (including phenoxy) is 1. The van der Waals surface area contributed by atoms with E-state index in [1.165, 1.54) is 4.90 Å². The van der Waals surface area contributed by atoms with Crippen LogP contribution in [0.2, 0.25) is 5.02 Å². The molecule has 1 aliphatic rings. The van der Waals surface area contributed by atoms with Crippen molar-refractivity contribution in [2.24, 2.45) is 0 Å². The van der Waals surface area contributed by atoms with Crippen LogP contribution in [0.3, 0.4) is 0 Å². The zero-order valence-corrected chi connectivity index (χ0v) is 22.6. The Bertz CT molecular complexity index is 1500. The molecule has 0 unspecified atom stereocenters. The minimum Gasteiger partial charge on any atom is -0.492 e. The highest BCUT2D eigenvalue weighted by Crippen LogP contribution is 2.37. The summed E-state index contributed by atoms with van der Waals surface area (Å²) in [6.45, 7) is 3.21. The first-order chi connectivity index (χ1) is 17.4. The molecule has 5 rings (SSSR count). The van der Waals surface area contributed by atoms with E-state index in [0.717, 1.165) is 51.2 Å². The fourth-order valence-corrected chi connectivity index (χ4v) is 5.48. The number of benzene rings is 3. The molecule has 8 heteroatoms. The van der Waals surface area contributed by atoms with Crippen LogP contribution in [-0.4, -0.2) is 22.3 Å². The number of hydrogen-bond donors (Lipinski definition) is 0. The minimum atomic E-state index is -0.308. The van der Waals surface area contributed by atoms with Crippen molar-refractivity contribution >= 4 is 73.1 Å². The average molecular weight is 582 g/mol. The number of para-hydroxylation sites is 1. The molecule has 182 valence electrons. The van der Waals surface area contributed by atoms with Gasteiger partial charge in [0.25, 0.3) is 11.1 Å². The molecule has 0 bridgehead atoms. The zero-order valence-electron chi connectivity index (χ0n) is 19.4. The largest absolute Gasteiger partial charge is 0.492 e. The second kappa shape index (κ2) is 10.5. The van der Waals surface area contributed by atoms with Gasteiger partial charge in [0.1, 0.15) is 5.75 Å². The molecule has 2 amide bonds. The van der Waals surface area contributed by atoms with Crippen LogP contribution in [0.4, 0.5) is 10.5 Å². The van der Waals surface area contributed by atoms with Crippen LogP contribution in [-0.2, 0) is 11.3 Å². The first-order valence-corrected chi connectivity index (χ1v) is 13.4. The smallest absolute Gasteiger partial charge is 0.298 e. The Morgan fingerprint density at radius 3 is 2.61 bits per heavy atom. The van der Waals surface area contributed by atoms with Crippen molar-refractivity contribution in [3.05, 3.63) is 98.5 Å². The van der Waals surface area contributed by atoms with Crippen molar-refractivity contribution in [1.82, 2.24) is 4.57 Å². The molecule has 0 atom stereocenters. The molecule has 4 aromatic rings. The molecule has 0 radical (unpaired) electrons. The van der Waals surface area contributed by atoms with Gasteiger partial charge in [-0.25, -0.2) is 4.90 Å².